The van der Waals surface area contributed by atoms with Crippen molar-refractivity contribution in [2.24, 2.45) is 5.92 Å². The number of carbonyl (C=O) groups is 3. The fourth-order valence-corrected chi connectivity index (χ4v) is 4.62. The van der Waals surface area contributed by atoms with Gasteiger partial charge in [-0.15, -0.1) is 10.2 Å². The Morgan fingerprint density at radius 1 is 0.967 bits per heavy atom. The molecule has 0 aliphatic carbocycles. The van der Waals surface area contributed by atoms with Crippen LogP contribution in [-0.2, 0) is 4.79 Å². The van der Waals surface area contributed by atoms with Gasteiger partial charge in [0.2, 0.25) is 15.9 Å². The van der Waals surface area contributed by atoms with Crippen molar-refractivity contribution < 1.29 is 14.4 Å². The molecule has 1 atom stereocenters. The van der Waals surface area contributed by atoms with Gasteiger partial charge in [0.15, 0.2) is 0 Å². The van der Waals surface area contributed by atoms with E-state index in [0.717, 1.165) is 55.7 Å². The summed E-state index contributed by atoms with van der Waals surface area (Å²) in [4.78, 5) is 41.6. The second-order valence-electron chi connectivity index (χ2n) is 7.86. The maximum Gasteiger partial charge on any atom is 0.286 e. The second kappa shape index (κ2) is 8.91. The number of likely N-dealkylation sites (tertiary alicyclic amines) is 2. The molecule has 1 unspecified atom stereocenters. The average molecular weight is 428 g/mol. The summed E-state index contributed by atoms with van der Waals surface area (Å²) in [5, 5.41) is 10.9. The molecule has 2 aliphatic heterocycles. The number of anilines is 1. The SMILES string of the molecule is Cc1ccc(NC(=O)c2nnc(C(=O)N3CCCC(C(=O)N4CCCC4)C3)s2)cc1. The van der Waals surface area contributed by atoms with Crippen LogP contribution in [-0.4, -0.2) is 63.9 Å². The fraction of sp³-hybridized carbons (Fsp3) is 0.476. The number of nitrogens with zero attached hydrogens (tertiary/aromatic N) is 4. The first kappa shape index (κ1) is 20.5. The van der Waals surface area contributed by atoms with Crippen molar-refractivity contribution in [2.75, 3.05) is 31.5 Å². The van der Waals surface area contributed by atoms with Gasteiger partial charge in [-0.3, -0.25) is 14.4 Å². The normalized spacial score (nSPS) is 19.0. The summed E-state index contributed by atoms with van der Waals surface area (Å²) < 4.78 is 0. The van der Waals surface area contributed by atoms with Crippen LogP contribution in [0.1, 0.15) is 50.9 Å². The largest absolute Gasteiger partial charge is 0.342 e. The Kier molecular flexibility index (Phi) is 6.08. The third kappa shape index (κ3) is 4.51. The van der Waals surface area contributed by atoms with E-state index >= 15 is 0 Å². The van der Waals surface area contributed by atoms with Gasteiger partial charge in [-0.05, 0) is 44.7 Å². The van der Waals surface area contributed by atoms with Crippen LogP contribution < -0.4 is 5.32 Å². The van der Waals surface area contributed by atoms with Crippen LogP contribution >= 0.6 is 11.3 Å². The Morgan fingerprint density at radius 3 is 2.37 bits per heavy atom. The van der Waals surface area contributed by atoms with Gasteiger partial charge < -0.3 is 15.1 Å². The number of aromatic nitrogens is 2. The molecule has 8 nitrogen and oxygen atoms in total. The third-order valence-corrected chi connectivity index (χ3v) is 6.50. The van der Waals surface area contributed by atoms with Crippen molar-refractivity contribution >= 4 is 34.7 Å². The molecule has 1 aromatic carbocycles. The molecule has 0 saturated carbocycles. The highest BCUT2D eigenvalue weighted by molar-refractivity contribution is 7.15. The minimum Gasteiger partial charge on any atom is -0.342 e. The zero-order valence-electron chi connectivity index (χ0n) is 17.0. The standard InChI is InChI=1S/C21H25N5O3S/c1-14-6-8-16(9-7-14)22-17(27)18-23-24-19(30-18)21(29)26-12-4-5-15(13-26)20(28)25-10-2-3-11-25/h6-9,15H,2-5,10-13H2,1H3,(H,22,27). The maximum absolute atomic E-state index is 12.9. The van der Waals surface area contributed by atoms with Crippen molar-refractivity contribution in [1.29, 1.82) is 0 Å². The predicted octanol–water partition coefficient (Wildman–Crippen LogP) is 2.57. The number of hydrogen-bond donors (Lipinski definition) is 1. The van der Waals surface area contributed by atoms with E-state index in [1.165, 1.54) is 0 Å². The molecule has 4 rings (SSSR count). The van der Waals surface area contributed by atoms with Crippen LogP contribution in [0.15, 0.2) is 24.3 Å². The molecule has 2 aromatic rings. The molecule has 1 aromatic heterocycles. The van der Waals surface area contributed by atoms with Gasteiger partial charge >= 0.3 is 0 Å². The minimum atomic E-state index is -0.392. The summed E-state index contributed by atoms with van der Waals surface area (Å²) in [5.74, 6) is -0.657. The molecule has 3 amide bonds. The van der Waals surface area contributed by atoms with Crippen LogP contribution in [0.25, 0.3) is 0 Å². The molecule has 9 heteroatoms. The topological polar surface area (TPSA) is 95.5 Å². The van der Waals surface area contributed by atoms with E-state index in [1.807, 2.05) is 36.1 Å². The van der Waals surface area contributed by atoms with Crippen LogP contribution in [0.3, 0.4) is 0 Å². The Hall–Kier alpha value is -2.81. The first-order valence-corrected chi connectivity index (χ1v) is 11.1. The average Bonchev–Trinajstić information content (AvgIpc) is 3.47. The summed E-state index contributed by atoms with van der Waals surface area (Å²) in [7, 11) is 0. The van der Waals surface area contributed by atoms with Gasteiger partial charge in [0, 0.05) is 31.9 Å². The lowest BCUT2D eigenvalue weighted by Gasteiger charge is -2.33. The van der Waals surface area contributed by atoms with Gasteiger partial charge in [-0.1, -0.05) is 29.0 Å². The molecule has 30 heavy (non-hydrogen) atoms. The molecular weight excluding hydrogens is 402 g/mol. The highest BCUT2D eigenvalue weighted by Gasteiger charge is 2.33. The van der Waals surface area contributed by atoms with E-state index in [2.05, 4.69) is 15.5 Å². The van der Waals surface area contributed by atoms with Gasteiger partial charge in [-0.2, -0.15) is 0 Å². The van der Waals surface area contributed by atoms with E-state index < -0.39 is 5.91 Å². The lowest BCUT2D eigenvalue weighted by Crippen LogP contribution is -2.46. The Labute approximate surface area is 179 Å². The van der Waals surface area contributed by atoms with Crippen LogP contribution in [0, 0.1) is 12.8 Å². The molecular formula is C21H25N5O3S. The highest BCUT2D eigenvalue weighted by atomic mass is 32.1. The van der Waals surface area contributed by atoms with E-state index in [9.17, 15) is 14.4 Å². The monoisotopic (exact) mass is 427 g/mol. The zero-order valence-corrected chi connectivity index (χ0v) is 17.8. The summed E-state index contributed by atoms with van der Waals surface area (Å²) in [5.41, 5.74) is 1.76. The van der Waals surface area contributed by atoms with Crippen molar-refractivity contribution in [3.63, 3.8) is 0 Å². The first-order valence-electron chi connectivity index (χ1n) is 10.3. The van der Waals surface area contributed by atoms with E-state index in [-0.39, 0.29) is 27.7 Å². The number of hydrogen-bond acceptors (Lipinski definition) is 6. The van der Waals surface area contributed by atoms with Crippen molar-refractivity contribution in [2.45, 2.75) is 32.6 Å². The number of piperidine rings is 1. The molecule has 2 aliphatic rings. The number of carbonyl (C=O) groups excluding carboxylic acids is 3. The van der Waals surface area contributed by atoms with Crippen molar-refractivity contribution in [3.8, 4) is 0 Å². The van der Waals surface area contributed by atoms with Gasteiger partial charge in [0.05, 0.1) is 5.92 Å². The van der Waals surface area contributed by atoms with Crippen LogP contribution in [0.2, 0.25) is 0 Å². The summed E-state index contributed by atoms with van der Waals surface area (Å²) in [6.07, 6.45) is 3.70. The number of rotatable bonds is 4. The van der Waals surface area contributed by atoms with E-state index in [0.29, 0.717) is 18.8 Å². The zero-order chi connectivity index (χ0) is 21.1. The Balaban J connectivity index is 1.38. The molecule has 158 valence electrons. The van der Waals surface area contributed by atoms with Gasteiger partial charge in [0.1, 0.15) is 0 Å². The predicted molar refractivity (Wildman–Crippen MR) is 113 cm³/mol. The van der Waals surface area contributed by atoms with E-state index in [1.54, 1.807) is 4.90 Å². The number of benzene rings is 1. The second-order valence-corrected chi connectivity index (χ2v) is 8.83. The molecule has 0 radical (unpaired) electrons. The van der Waals surface area contributed by atoms with Crippen molar-refractivity contribution in [3.05, 3.63) is 39.8 Å². The van der Waals surface area contributed by atoms with Crippen molar-refractivity contribution in [1.82, 2.24) is 20.0 Å². The van der Waals surface area contributed by atoms with Gasteiger partial charge in [0.25, 0.3) is 11.8 Å². The quantitative estimate of drug-likeness (QED) is 0.809. The smallest absolute Gasteiger partial charge is 0.286 e. The minimum absolute atomic E-state index is 0.139. The Morgan fingerprint density at radius 2 is 1.63 bits per heavy atom. The Bertz CT molecular complexity index is 936. The lowest BCUT2D eigenvalue weighted by atomic mass is 9.96. The lowest BCUT2D eigenvalue weighted by molar-refractivity contribution is -0.135. The molecule has 2 saturated heterocycles. The highest BCUT2D eigenvalue weighted by Crippen LogP contribution is 2.23. The summed E-state index contributed by atoms with van der Waals surface area (Å²) in [6, 6.07) is 7.43. The number of nitrogens with one attached hydrogen (secondary N) is 1. The third-order valence-electron chi connectivity index (χ3n) is 5.59. The molecule has 3 heterocycles. The number of amides is 3. The summed E-state index contributed by atoms with van der Waals surface area (Å²) in [6.45, 7) is 4.60. The van der Waals surface area contributed by atoms with Crippen LogP contribution in [0.4, 0.5) is 5.69 Å². The molecule has 0 spiro atoms. The maximum atomic E-state index is 12.9. The van der Waals surface area contributed by atoms with Gasteiger partial charge in [-0.25, -0.2) is 0 Å². The molecule has 0 bridgehead atoms. The van der Waals surface area contributed by atoms with E-state index in [4.69, 9.17) is 0 Å². The number of aryl methyl sites for hydroxylation is 1. The molecule has 1 N–H and O–H groups in total. The first-order chi connectivity index (χ1) is 14.5. The van der Waals surface area contributed by atoms with Crippen LogP contribution in [0.5, 0.6) is 0 Å². The summed E-state index contributed by atoms with van der Waals surface area (Å²) >= 11 is 0.979. The fourth-order valence-electron chi connectivity index (χ4n) is 3.92. The molecule has 2 fully saturated rings.